The molecule has 2 aromatic carbocycles. The van der Waals surface area contributed by atoms with Crippen LogP contribution in [0.25, 0.3) is 0 Å². The third-order valence-electron chi connectivity index (χ3n) is 3.62. The SMILES string of the molecule is Cc1cc(C)cc(OCC(=O)NNC(=O)C(C)Oc2ccc([N+](=O)[O-])cc2)c1. The zero-order valence-electron chi connectivity index (χ0n) is 15.7. The van der Waals surface area contributed by atoms with Crippen LogP contribution in [0.5, 0.6) is 11.5 Å². The van der Waals surface area contributed by atoms with Crippen molar-refractivity contribution in [2.45, 2.75) is 26.9 Å². The molecule has 2 amide bonds. The van der Waals surface area contributed by atoms with Gasteiger partial charge in [0, 0.05) is 12.1 Å². The first-order valence-electron chi connectivity index (χ1n) is 8.45. The Labute approximate surface area is 161 Å². The van der Waals surface area contributed by atoms with Crippen molar-refractivity contribution in [3.8, 4) is 11.5 Å². The van der Waals surface area contributed by atoms with Gasteiger partial charge in [-0.2, -0.15) is 0 Å². The second-order valence-corrected chi connectivity index (χ2v) is 6.16. The van der Waals surface area contributed by atoms with Crippen LogP contribution in [0.4, 0.5) is 5.69 Å². The third-order valence-corrected chi connectivity index (χ3v) is 3.62. The molecule has 28 heavy (non-hydrogen) atoms. The summed E-state index contributed by atoms with van der Waals surface area (Å²) in [5, 5.41) is 10.6. The molecule has 0 aliphatic heterocycles. The highest BCUT2D eigenvalue weighted by Crippen LogP contribution is 2.18. The number of carbonyl (C=O) groups is 2. The summed E-state index contributed by atoms with van der Waals surface area (Å²) in [4.78, 5) is 33.9. The lowest BCUT2D eigenvalue weighted by molar-refractivity contribution is -0.384. The number of nitrogens with zero attached hydrogens (tertiary/aromatic N) is 1. The first kappa shape index (κ1) is 20.7. The van der Waals surface area contributed by atoms with E-state index in [-0.39, 0.29) is 18.0 Å². The molecule has 148 valence electrons. The second kappa shape index (κ2) is 9.36. The summed E-state index contributed by atoms with van der Waals surface area (Å²) < 4.78 is 10.8. The van der Waals surface area contributed by atoms with Crippen molar-refractivity contribution in [1.82, 2.24) is 10.9 Å². The second-order valence-electron chi connectivity index (χ2n) is 6.16. The van der Waals surface area contributed by atoms with Gasteiger partial charge in [-0.1, -0.05) is 6.07 Å². The highest BCUT2D eigenvalue weighted by Gasteiger charge is 2.16. The lowest BCUT2D eigenvalue weighted by atomic mass is 10.1. The smallest absolute Gasteiger partial charge is 0.279 e. The predicted octanol–water partition coefficient (Wildman–Crippen LogP) is 2.21. The van der Waals surface area contributed by atoms with E-state index in [9.17, 15) is 19.7 Å². The van der Waals surface area contributed by atoms with Gasteiger partial charge in [0.05, 0.1) is 4.92 Å². The Kier molecular flexibility index (Phi) is 6.91. The monoisotopic (exact) mass is 387 g/mol. The van der Waals surface area contributed by atoms with Gasteiger partial charge in [0.2, 0.25) is 0 Å². The van der Waals surface area contributed by atoms with E-state index >= 15 is 0 Å². The molecule has 1 unspecified atom stereocenters. The number of amides is 2. The number of non-ortho nitro benzene ring substituents is 1. The summed E-state index contributed by atoms with van der Waals surface area (Å²) in [6, 6.07) is 10.9. The number of rotatable bonds is 7. The first-order valence-corrected chi connectivity index (χ1v) is 8.45. The summed E-state index contributed by atoms with van der Waals surface area (Å²) in [5.41, 5.74) is 6.43. The molecule has 0 aliphatic rings. The number of hydrazine groups is 1. The maximum absolute atomic E-state index is 12.0. The van der Waals surface area contributed by atoms with Crippen LogP contribution in [-0.4, -0.2) is 29.4 Å². The van der Waals surface area contributed by atoms with Gasteiger partial charge < -0.3 is 9.47 Å². The molecule has 9 heteroatoms. The number of aryl methyl sites for hydroxylation is 2. The largest absolute Gasteiger partial charge is 0.484 e. The van der Waals surface area contributed by atoms with Crippen LogP contribution >= 0.6 is 0 Å². The Morgan fingerprint density at radius 3 is 2.21 bits per heavy atom. The highest BCUT2D eigenvalue weighted by atomic mass is 16.6. The summed E-state index contributed by atoms with van der Waals surface area (Å²) >= 11 is 0. The van der Waals surface area contributed by atoms with E-state index < -0.39 is 22.8 Å². The van der Waals surface area contributed by atoms with Gasteiger partial charge in [-0.25, -0.2) is 0 Å². The van der Waals surface area contributed by atoms with E-state index in [4.69, 9.17) is 9.47 Å². The lowest BCUT2D eigenvalue weighted by Gasteiger charge is -2.15. The van der Waals surface area contributed by atoms with Gasteiger partial charge in [0.25, 0.3) is 17.5 Å². The minimum Gasteiger partial charge on any atom is -0.484 e. The van der Waals surface area contributed by atoms with E-state index in [1.165, 1.54) is 31.2 Å². The molecule has 0 aliphatic carbocycles. The molecule has 9 nitrogen and oxygen atoms in total. The quantitative estimate of drug-likeness (QED) is 0.555. The molecule has 2 N–H and O–H groups in total. The van der Waals surface area contributed by atoms with Crippen molar-refractivity contribution in [1.29, 1.82) is 0 Å². The first-order chi connectivity index (χ1) is 13.2. The fourth-order valence-corrected chi connectivity index (χ4v) is 2.34. The Hall–Kier alpha value is -3.62. The van der Waals surface area contributed by atoms with Crippen LogP contribution in [0.15, 0.2) is 42.5 Å². The number of carbonyl (C=O) groups excluding carboxylic acids is 2. The molecular weight excluding hydrogens is 366 g/mol. The van der Waals surface area contributed by atoms with E-state index in [0.29, 0.717) is 5.75 Å². The average molecular weight is 387 g/mol. The fraction of sp³-hybridized carbons (Fsp3) is 0.263. The topological polar surface area (TPSA) is 120 Å². The number of nitro benzene ring substituents is 1. The van der Waals surface area contributed by atoms with E-state index in [0.717, 1.165) is 11.1 Å². The molecule has 0 saturated heterocycles. The number of nitro groups is 1. The van der Waals surface area contributed by atoms with Crippen LogP contribution in [0.3, 0.4) is 0 Å². The van der Waals surface area contributed by atoms with E-state index in [1.54, 1.807) is 12.1 Å². The van der Waals surface area contributed by atoms with Crippen LogP contribution in [0, 0.1) is 24.0 Å². The molecule has 0 spiro atoms. The van der Waals surface area contributed by atoms with Crippen molar-refractivity contribution in [2.24, 2.45) is 0 Å². The maximum Gasteiger partial charge on any atom is 0.279 e. The van der Waals surface area contributed by atoms with Crippen molar-refractivity contribution in [3.05, 3.63) is 63.7 Å². The standard InChI is InChI=1S/C19H21N3O6/c1-12-8-13(2)10-17(9-12)27-11-18(23)20-21-19(24)14(3)28-16-6-4-15(5-7-16)22(25)26/h4-10,14H,11H2,1-3H3,(H,20,23)(H,21,24). The normalized spacial score (nSPS) is 11.2. The zero-order valence-corrected chi connectivity index (χ0v) is 15.7. The lowest BCUT2D eigenvalue weighted by Crippen LogP contribution is -2.48. The fourth-order valence-electron chi connectivity index (χ4n) is 2.34. The van der Waals surface area contributed by atoms with Crippen molar-refractivity contribution in [3.63, 3.8) is 0 Å². The highest BCUT2D eigenvalue weighted by molar-refractivity contribution is 5.85. The number of nitrogens with one attached hydrogen (secondary N) is 2. The molecule has 0 fully saturated rings. The van der Waals surface area contributed by atoms with Gasteiger partial charge in [0.15, 0.2) is 12.7 Å². The number of benzene rings is 2. The number of ether oxygens (including phenoxy) is 2. The molecular formula is C19H21N3O6. The molecule has 2 aromatic rings. The summed E-state index contributed by atoms with van der Waals surface area (Å²) in [7, 11) is 0. The number of hydrogen-bond acceptors (Lipinski definition) is 6. The van der Waals surface area contributed by atoms with E-state index in [1.807, 2.05) is 19.9 Å². The summed E-state index contributed by atoms with van der Waals surface area (Å²) in [6.07, 6.45) is -0.929. The van der Waals surface area contributed by atoms with Crippen molar-refractivity contribution < 1.29 is 24.0 Å². The van der Waals surface area contributed by atoms with Crippen LogP contribution in [0.1, 0.15) is 18.1 Å². The molecule has 0 saturated carbocycles. The molecule has 0 bridgehead atoms. The molecule has 2 rings (SSSR count). The summed E-state index contributed by atoms with van der Waals surface area (Å²) in [5.74, 6) is -0.264. The van der Waals surface area contributed by atoms with Crippen LogP contribution < -0.4 is 20.3 Å². The van der Waals surface area contributed by atoms with Gasteiger partial charge in [-0.05, 0) is 56.2 Å². The van der Waals surface area contributed by atoms with Crippen LogP contribution in [-0.2, 0) is 9.59 Å². The zero-order chi connectivity index (χ0) is 20.7. The molecule has 0 aromatic heterocycles. The van der Waals surface area contributed by atoms with Crippen molar-refractivity contribution in [2.75, 3.05) is 6.61 Å². The van der Waals surface area contributed by atoms with Gasteiger partial charge >= 0.3 is 0 Å². The number of hydrogen-bond donors (Lipinski definition) is 2. The summed E-state index contributed by atoms with van der Waals surface area (Å²) in [6.45, 7) is 5.06. The Bertz CT molecular complexity index is 846. The Balaban J connectivity index is 1.77. The molecule has 0 radical (unpaired) electrons. The van der Waals surface area contributed by atoms with Gasteiger partial charge in [-0.15, -0.1) is 0 Å². The minimum atomic E-state index is -0.929. The Morgan fingerprint density at radius 1 is 1.04 bits per heavy atom. The maximum atomic E-state index is 12.0. The molecule has 0 heterocycles. The molecule has 1 atom stereocenters. The van der Waals surface area contributed by atoms with Gasteiger partial charge in [-0.3, -0.25) is 30.6 Å². The van der Waals surface area contributed by atoms with E-state index in [2.05, 4.69) is 10.9 Å². The average Bonchev–Trinajstić information content (AvgIpc) is 2.64. The van der Waals surface area contributed by atoms with Crippen molar-refractivity contribution >= 4 is 17.5 Å². The van der Waals surface area contributed by atoms with Gasteiger partial charge in [0.1, 0.15) is 11.5 Å². The Morgan fingerprint density at radius 2 is 1.64 bits per heavy atom. The minimum absolute atomic E-state index is 0.0829. The third kappa shape index (κ3) is 6.27. The van der Waals surface area contributed by atoms with Crippen LogP contribution in [0.2, 0.25) is 0 Å². The predicted molar refractivity (Wildman–Crippen MR) is 101 cm³/mol.